The molecule has 19 heavy (non-hydrogen) atoms. The first-order valence-electron chi connectivity index (χ1n) is 5.27. The summed E-state index contributed by atoms with van der Waals surface area (Å²) in [5, 5.41) is 0. The number of hydrazine groups is 1. The molecule has 0 bridgehead atoms. The zero-order valence-electron chi connectivity index (χ0n) is 10.1. The third kappa shape index (κ3) is 4.08. The van der Waals surface area contributed by atoms with Crippen LogP contribution in [0.3, 0.4) is 0 Å². The fraction of sp³-hybridized carbons (Fsp3) is 0.400. The van der Waals surface area contributed by atoms with E-state index in [0.717, 1.165) is 7.05 Å². The van der Waals surface area contributed by atoms with Gasteiger partial charge in [0, 0.05) is 13.6 Å². The van der Waals surface area contributed by atoms with Gasteiger partial charge in [0.25, 0.3) is 0 Å². The van der Waals surface area contributed by atoms with Crippen LogP contribution in [0.15, 0.2) is 29.2 Å². The molecule has 0 heterocycles. The van der Waals surface area contributed by atoms with Crippen molar-refractivity contribution in [2.75, 3.05) is 19.0 Å². The maximum absolute atomic E-state index is 12.1. The third-order valence-electron chi connectivity index (χ3n) is 2.44. The van der Waals surface area contributed by atoms with Gasteiger partial charge in [0.1, 0.15) is 4.90 Å². The number of sulfonamides is 1. The highest BCUT2D eigenvalue weighted by atomic mass is 32.2. The van der Waals surface area contributed by atoms with Crippen LogP contribution in [0.5, 0.6) is 0 Å². The van der Waals surface area contributed by atoms with Gasteiger partial charge in [0.05, 0.1) is 12.1 Å². The monoisotopic (exact) mass is 297 g/mol. The summed E-state index contributed by atoms with van der Waals surface area (Å²) in [6.07, 6.45) is -5.61. The van der Waals surface area contributed by atoms with Crippen LogP contribution in [0.4, 0.5) is 18.9 Å². The molecule has 1 aromatic rings. The summed E-state index contributed by atoms with van der Waals surface area (Å²) in [7, 11) is -2.92. The van der Waals surface area contributed by atoms with Crippen molar-refractivity contribution in [3.63, 3.8) is 0 Å². The number of hydrogen-bond donors (Lipinski definition) is 2. The van der Waals surface area contributed by atoms with Crippen molar-refractivity contribution in [3.8, 4) is 0 Å². The summed E-state index contributed by atoms with van der Waals surface area (Å²) < 4.78 is 61.1. The van der Waals surface area contributed by atoms with Crippen molar-refractivity contribution in [2.24, 2.45) is 5.84 Å². The maximum Gasteiger partial charge on any atom is 0.390 e. The zero-order valence-corrected chi connectivity index (χ0v) is 10.9. The number of nitrogen functional groups attached to an aromatic ring is 1. The summed E-state index contributed by atoms with van der Waals surface area (Å²) >= 11 is 0. The van der Waals surface area contributed by atoms with Crippen LogP contribution in [-0.4, -0.2) is 32.5 Å². The number of benzene rings is 1. The summed E-state index contributed by atoms with van der Waals surface area (Å²) in [6, 6.07) is 5.72. The van der Waals surface area contributed by atoms with Gasteiger partial charge in [-0.05, 0) is 12.1 Å². The number of nitrogens with one attached hydrogen (secondary N) is 1. The van der Waals surface area contributed by atoms with Crippen LogP contribution in [0, 0.1) is 0 Å². The highest BCUT2D eigenvalue weighted by Gasteiger charge is 2.31. The number of halogens is 3. The van der Waals surface area contributed by atoms with E-state index in [9.17, 15) is 21.6 Å². The molecule has 0 unspecified atom stereocenters. The Morgan fingerprint density at radius 2 is 1.89 bits per heavy atom. The average Bonchev–Trinajstić information content (AvgIpc) is 2.34. The molecule has 0 amide bonds. The first-order valence-corrected chi connectivity index (χ1v) is 6.71. The molecule has 0 spiro atoms. The van der Waals surface area contributed by atoms with Gasteiger partial charge < -0.3 is 5.43 Å². The molecular formula is C10H14F3N3O2S. The molecule has 0 fully saturated rings. The van der Waals surface area contributed by atoms with E-state index < -0.39 is 29.2 Å². The van der Waals surface area contributed by atoms with Crippen molar-refractivity contribution in [3.05, 3.63) is 24.3 Å². The minimum absolute atomic E-state index is 0.126. The Hall–Kier alpha value is -1.32. The van der Waals surface area contributed by atoms with Crippen LogP contribution in [0.25, 0.3) is 0 Å². The van der Waals surface area contributed by atoms with Crippen LogP contribution < -0.4 is 11.3 Å². The smallest absolute Gasteiger partial charge is 0.323 e. The van der Waals surface area contributed by atoms with Crippen molar-refractivity contribution in [1.82, 2.24) is 4.31 Å². The van der Waals surface area contributed by atoms with Gasteiger partial charge in [-0.2, -0.15) is 13.2 Å². The fourth-order valence-corrected chi connectivity index (χ4v) is 2.71. The highest BCUT2D eigenvalue weighted by Crippen LogP contribution is 2.25. The predicted octanol–water partition coefficient (Wildman–Crippen LogP) is 1.55. The minimum Gasteiger partial charge on any atom is -0.323 e. The van der Waals surface area contributed by atoms with E-state index in [-0.39, 0.29) is 10.6 Å². The summed E-state index contributed by atoms with van der Waals surface area (Å²) in [5.74, 6) is 5.18. The standard InChI is InChI=1S/C10H14F3N3O2S/c1-16(7-6-10(11,12)13)19(17,18)9-5-3-2-4-8(9)15-14/h2-5,15H,6-7,14H2,1H3. The summed E-state index contributed by atoms with van der Waals surface area (Å²) in [4.78, 5) is -0.165. The van der Waals surface area contributed by atoms with Gasteiger partial charge in [-0.3, -0.25) is 5.84 Å². The minimum atomic E-state index is -4.41. The second kappa shape index (κ2) is 5.76. The SMILES string of the molecule is CN(CCC(F)(F)F)S(=O)(=O)c1ccccc1NN. The molecule has 1 rings (SSSR count). The number of nitrogens with zero attached hydrogens (tertiary/aromatic N) is 1. The Labute approximate surface area is 109 Å². The van der Waals surface area contributed by atoms with Crippen molar-refractivity contribution in [1.29, 1.82) is 0 Å². The van der Waals surface area contributed by atoms with Gasteiger partial charge in [0.15, 0.2) is 0 Å². The van der Waals surface area contributed by atoms with E-state index in [2.05, 4.69) is 5.43 Å². The highest BCUT2D eigenvalue weighted by molar-refractivity contribution is 7.89. The largest absolute Gasteiger partial charge is 0.390 e. The van der Waals surface area contributed by atoms with Gasteiger partial charge >= 0.3 is 6.18 Å². The van der Waals surface area contributed by atoms with Crippen LogP contribution in [-0.2, 0) is 10.0 Å². The molecule has 0 aromatic heterocycles. The van der Waals surface area contributed by atoms with Crippen molar-refractivity contribution in [2.45, 2.75) is 17.5 Å². The van der Waals surface area contributed by atoms with Crippen molar-refractivity contribution >= 4 is 15.7 Å². The predicted molar refractivity (Wildman–Crippen MR) is 64.7 cm³/mol. The topological polar surface area (TPSA) is 75.4 Å². The Balaban J connectivity index is 2.97. The fourth-order valence-electron chi connectivity index (χ4n) is 1.38. The van der Waals surface area contributed by atoms with E-state index in [0.29, 0.717) is 4.31 Å². The third-order valence-corrected chi connectivity index (χ3v) is 4.36. The lowest BCUT2D eigenvalue weighted by atomic mass is 10.3. The van der Waals surface area contributed by atoms with Gasteiger partial charge in [-0.25, -0.2) is 12.7 Å². The maximum atomic E-state index is 12.1. The van der Waals surface area contributed by atoms with Gasteiger partial charge in [-0.15, -0.1) is 0 Å². The number of alkyl halides is 3. The molecule has 3 N–H and O–H groups in total. The lowest BCUT2D eigenvalue weighted by molar-refractivity contribution is -0.135. The van der Waals surface area contributed by atoms with Crippen molar-refractivity contribution < 1.29 is 21.6 Å². The van der Waals surface area contributed by atoms with Crippen LogP contribution >= 0.6 is 0 Å². The number of para-hydroxylation sites is 1. The van der Waals surface area contributed by atoms with Gasteiger partial charge in [-0.1, -0.05) is 12.1 Å². The molecule has 0 radical (unpaired) electrons. The first-order chi connectivity index (χ1) is 8.68. The molecule has 0 aliphatic heterocycles. The molecule has 9 heteroatoms. The summed E-state index contributed by atoms with van der Waals surface area (Å²) in [6.45, 7) is -0.648. The lowest BCUT2D eigenvalue weighted by Gasteiger charge is -2.19. The lowest BCUT2D eigenvalue weighted by Crippen LogP contribution is -2.31. The number of hydrogen-bond acceptors (Lipinski definition) is 4. The summed E-state index contributed by atoms with van der Waals surface area (Å²) in [5.41, 5.74) is 2.33. The molecule has 0 atom stereocenters. The van der Waals surface area contributed by atoms with E-state index >= 15 is 0 Å². The van der Waals surface area contributed by atoms with E-state index in [4.69, 9.17) is 5.84 Å². The molecule has 5 nitrogen and oxygen atoms in total. The normalized spacial score (nSPS) is 12.7. The molecule has 1 aromatic carbocycles. The second-order valence-corrected chi connectivity index (χ2v) is 5.85. The second-order valence-electron chi connectivity index (χ2n) is 3.83. The molecule has 0 aliphatic rings. The van der Waals surface area contributed by atoms with E-state index in [1.54, 1.807) is 6.07 Å². The molecule has 108 valence electrons. The Morgan fingerprint density at radius 3 is 2.42 bits per heavy atom. The quantitative estimate of drug-likeness (QED) is 0.638. The van der Waals surface area contributed by atoms with Crippen LogP contribution in [0.1, 0.15) is 6.42 Å². The molecular weight excluding hydrogens is 283 g/mol. The van der Waals surface area contributed by atoms with Crippen LogP contribution in [0.2, 0.25) is 0 Å². The average molecular weight is 297 g/mol. The Kier molecular flexibility index (Phi) is 4.77. The number of nitrogens with two attached hydrogens (primary N) is 1. The van der Waals surface area contributed by atoms with E-state index in [1.807, 2.05) is 0 Å². The first kappa shape index (κ1) is 15.7. The Morgan fingerprint density at radius 1 is 1.32 bits per heavy atom. The molecule has 0 saturated heterocycles. The van der Waals surface area contributed by atoms with E-state index in [1.165, 1.54) is 18.2 Å². The Bertz CT molecular complexity index is 531. The van der Waals surface area contributed by atoms with Gasteiger partial charge in [0.2, 0.25) is 10.0 Å². The zero-order chi connectivity index (χ0) is 14.7. The molecule has 0 saturated carbocycles. The molecule has 0 aliphatic carbocycles. The number of anilines is 1. The number of rotatable bonds is 5.